The fraction of sp³-hybridized carbons (Fsp3) is 0.600. The molecule has 0 unspecified atom stereocenters. The topological polar surface area (TPSA) is 49.4 Å². The minimum absolute atomic E-state index is 0.111. The highest BCUT2D eigenvalue weighted by Crippen LogP contribution is 2.19. The molecule has 1 aliphatic heterocycles. The summed E-state index contributed by atoms with van der Waals surface area (Å²) in [6.07, 6.45) is 3.77. The van der Waals surface area contributed by atoms with Crippen molar-refractivity contribution in [1.82, 2.24) is 9.03 Å². The highest BCUT2D eigenvalue weighted by atomic mass is 32.2. The molecule has 20 heavy (non-hydrogen) atoms. The fourth-order valence-corrected chi connectivity index (χ4v) is 4.19. The van der Waals surface area contributed by atoms with Crippen LogP contribution in [0.2, 0.25) is 0 Å². The normalized spacial score (nSPS) is 21.0. The second-order valence-corrected chi connectivity index (χ2v) is 7.24. The Hall–Kier alpha value is -0.910. The minimum atomic E-state index is -3.33. The third kappa shape index (κ3) is 3.81. The first kappa shape index (κ1) is 15.5. The number of nitrogens with zero attached hydrogens (tertiary/aromatic N) is 1. The molecule has 1 fully saturated rings. The van der Waals surface area contributed by atoms with Crippen molar-refractivity contribution in [3.8, 4) is 0 Å². The second-order valence-electron chi connectivity index (χ2n) is 5.53. The maximum absolute atomic E-state index is 12.3. The maximum atomic E-state index is 12.3. The summed E-state index contributed by atoms with van der Waals surface area (Å²) in [5.74, 6) is 0. The van der Waals surface area contributed by atoms with Crippen LogP contribution >= 0.6 is 0 Å². The molecule has 1 aromatic carbocycles. The van der Waals surface area contributed by atoms with Crippen molar-refractivity contribution in [3.63, 3.8) is 0 Å². The van der Waals surface area contributed by atoms with Gasteiger partial charge in [-0.3, -0.25) is 0 Å². The number of hydrogen-bond donors (Lipinski definition) is 1. The van der Waals surface area contributed by atoms with Gasteiger partial charge in [0.25, 0.3) is 10.2 Å². The number of nitrogens with one attached hydrogen (secondary N) is 1. The molecule has 2 rings (SSSR count). The second kappa shape index (κ2) is 6.70. The zero-order valence-corrected chi connectivity index (χ0v) is 13.1. The van der Waals surface area contributed by atoms with Crippen LogP contribution in [0.25, 0.3) is 0 Å². The first-order chi connectivity index (χ1) is 9.50. The average molecular weight is 296 g/mol. The van der Waals surface area contributed by atoms with Crippen LogP contribution in [-0.4, -0.2) is 31.9 Å². The van der Waals surface area contributed by atoms with E-state index in [0.29, 0.717) is 13.1 Å². The predicted octanol–water partition coefficient (Wildman–Crippen LogP) is 2.25. The summed E-state index contributed by atoms with van der Waals surface area (Å²) < 4.78 is 28.9. The Kier molecular flexibility index (Phi) is 5.18. The molecule has 4 nitrogen and oxygen atoms in total. The van der Waals surface area contributed by atoms with Gasteiger partial charge in [-0.1, -0.05) is 30.7 Å². The number of aryl methyl sites for hydroxylation is 1. The molecule has 1 aliphatic rings. The number of benzene rings is 1. The van der Waals surface area contributed by atoms with Crippen molar-refractivity contribution in [3.05, 3.63) is 35.4 Å². The quantitative estimate of drug-likeness (QED) is 0.906. The zero-order valence-electron chi connectivity index (χ0n) is 12.3. The van der Waals surface area contributed by atoms with Crippen LogP contribution in [0.3, 0.4) is 0 Å². The lowest BCUT2D eigenvalue weighted by Gasteiger charge is -2.32. The van der Waals surface area contributed by atoms with Gasteiger partial charge in [0.05, 0.1) is 0 Å². The fourth-order valence-electron chi connectivity index (χ4n) is 2.72. The SMILES string of the molecule is Cc1ccccc1CCNS(=O)(=O)N1CCCC[C@H]1C. The largest absolute Gasteiger partial charge is 0.279 e. The Bertz CT molecular complexity index is 543. The van der Waals surface area contributed by atoms with Gasteiger partial charge in [0.2, 0.25) is 0 Å². The standard InChI is InChI=1S/C15H24N2O2S/c1-13-7-3-4-9-15(13)10-11-16-20(18,19)17-12-6-5-8-14(17)2/h3-4,7,9,14,16H,5-6,8,10-12H2,1-2H3/t14-/m1/s1. The number of piperidine rings is 1. The minimum Gasteiger partial charge on any atom is -0.202 e. The van der Waals surface area contributed by atoms with Crippen molar-refractivity contribution in [1.29, 1.82) is 0 Å². The molecule has 1 aromatic rings. The van der Waals surface area contributed by atoms with Gasteiger partial charge in [0, 0.05) is 19.1 Å². The van der Waals surface area contributed by atoms with E-state index in [1.165, 1.54) is 11.1 Å². The Labute approximate surface area is 122 Å². The highest BCUT2D eigenvalue weighted by molar-refractivity contribution is 7.87. The van der Waals surface area contributed by atoms with Gasteiger partial charge in [-0.25, -0.2) is 4.72 Å². The van der Waals surface area contributed by atoms with Crippen LogP contribution in [0, 0.1) is 6.92 Å². The third-order valence-corrected chi connectivity index (χ3v) is 5.72. The van der Waals surface area contributed by atoms with E-state index in [9.17, 15) is 8.42 Å². The lowest BCUT2D eigenvalue weighted by Crippen LogP contribution is -2.48. The Morgan fingerprint density at radius 2 is 2.05 bits per heavy atom. The molecule has 0 aliphatic carbocycles. The van der Waals surface area contributed by atoms with E-state index in [2.05, 4.69) is 17.7 Å². The molecule has 0 bridgehead atoms. The van der Waals surface area contributed by atoms with Gasteiger partial charge < -0.3 is 0 Å². The van der Waals surface area contributed by atoms with E-state index >= 15 is 0 Å². The predicted molar refractivity (Wildman–Crippen MR) is 81.8 cm³/mol. The van der Waals surface area contributed by atoms with Gasteiger partial charge in [0.15, 0.2) is 0 Å². The summed E-state index contributed by atoms with van der Waals surface area (Å²) in [7, 11) is -3.33. The monoisotopic (exact) mass is 296 g/mol. The summed E-state index contributed by atoms with van der Waals surface area (Å²) in [4.78, 5) is 0. The van der Waals surface area contributed by atoms with Crippen molar-refractivity contribution in [2.75, 3.05) is 13.1 Å². The summed E-state index contributed by atoms with van der Waals surface area (Å²) in [5.41, 5.74) is 2.40. The molecule has 0 amide bonds. The highest BCUT2D eigenvalue weighted by Gasteiger charge is 2.28. The molecule has 112 valence electrons. The Balaban J connectivity index is 1.91. The lowest BCUT2D eigenvalue weighted by atomic mass is 10.1. The molecule has 0 saturated carbocycles. The van der Waals surface area contributed by atoms with Crippen LogP contribution in [-0.2, 0) is 16.6 Å². The van der Waals surface area contributed by atoms with Crippen molar-refractivity contribution >= 4 is 10.2 Å². The number of hydrogen-bond acceptors (Lipinski definition) is 2. The van der Waals surface area contributed by atoms with Gasteiger partial charge in [-0.05, 0) is 44.2 Å². The van der Waals surface area contributed by atoms with E-state index in [0.717, 1.165) is 25.7 Å². The van der Waals surface area contributed by atoms with Crippen molar-refractivity contribution in [2.45, 2.75) is 45.6 Å². The molecule has 1 saturated heterocycles. The van der Waals surface area contributed by atoms with E-state index in [4.69, 9.17) is 0 Å². The van der Waals surface area contributed by atoms with Gasteiger partial charge >= 0.3 is 0 Å². The van der Waals surface area contributed by atoms with E-state index < -0.39 is 10.2 Å². The number of rotatable bonds is 5. The molecular weight excluding hydrogens is 272 g/mol. The first-order valence-corrected chi connectivity index (χ1v) is 8.75. The molecule has 5 heteroatoms. The molecule has 1 N–H and O–H groups in total. The smallest absolute Gasteiger partial charge is 0.202 e. The first-order valence-electron chi connectivity index (χ1n) is 7.31. The van der Waals surface area contributed by atoms with Crippen molar-refractivity contribution in [2.24, 2.45) is 0 Å². The van der Waals surface area contributed by atoms with Crippen LogP contribution in [0.5, 0.6) is 0 Å². The summed E-state index contributed by atoms with van der Waals surface area (Å²) in [6.45, 7) is 5.13. The van der Waals surface area contributed by atoms with Gasteiger partial charge in [-0.2, -0.15) is 12.7 Å². The van der Waals surface area contributed by atoms with Gasteiger partial charge in [-0.15, -0.1) is 0 Å². The van der Waals surface area contributed by atoms with Crippen LogP contribution in [0.4, 0.5) is 0 Å². The van der Waals surface area contributed by atoms with E-state index in [1.54, 1.807) is 4.31 Å². The summed E-state index contributed by atoms with van der Waals surface area (Å²) >= 11 is 0. The molecule has 1 heterocycles. The van der Waals surface area contributed by atoms with Crippen LogP contribution in [0.15, 0.2) is 24.3 Å². The Morgan fingerprint density at radius 3 is 2.75 bits per heavy atom. The Morgan fingerprint density at radius 1 is 1.30 bits per heavy atom. The molecule has 0 radical (unpaired) electrons. The van der Waals surface area contributed by atoms with Crippen LogP contribution in [0.1, 0.15) is 37.3 Å². The summed E-state index contributed by atoms with van der Waals surface area (Å²) in [6, 6.07) is 8.20. The van der Waals surface area contributed by atoms with Crippen LogP contribution < -0.4 is 4.72 Å². The lowest BCUT2D eigenvalue weighted by molar-refractivity contribution is 0.265. The molecule has 1 atom stereocenters. The van der Waals surface area contributed by atoms with Gasteiger partial charge in [0.1, 0.15) is 0 Å². The summed E-state index contributed by atoms with van der Waals surface area (Å²) in [5, 5.41) is 0. The molecule has 0 spiro atoms. The zero-order chi connectivity index (χ0) is 14.6. The van der Waals surface area contributed by atoms with E-state index in [-0.39, 0.29) is 6.04 Å². The molecular formula is C15H24N2O2S. The third-order valence-electron chi connectivity index (χ3n) is 3.99. The molecule has 0 aromatic heterocycles. The maximum Gasteiger partial charge on any atom is 0.279 e. The van der Waals surface area contributed by atoms with E-state index in [1.807, 2.05) is 25.1 Å². The average Bonchev–Trinajstić information content (AvgIpc) is 2.41. The van der Waals surface area contributed by atoms with Crippen molar-refractivity contribution < 1.29 is 8.42 Å².